The maximum absolute atomic E-state index is 12.8. The summed E-state index contributed by atoms with van der Waals surface area (Å²) in [5, 5.41) is 8.20. The van der Waals surface area contributed by atoms with Gasteiger partial charge in [-0.2, -0.15) is 10.2 Å². The Morgan fingerprint density at radius 3 is 2.46 bits per heavy atom. The van der Waals surface area contributed by atoms with Crippen LogP contribution in [-0.4, -0.2) is 32.0 Å². The SMILES string of the molecule is COc1cccc(N(Cl)C(=O)C(N=Nc2cc(C)ccc2Cl)C(C)=O)c1OC. The van der Waals surface area contributed by atoms with Crippen LogP contribution < -0.4 is 13.9 Å². The predicted molar refractivity (Wildman–Crippen MR) is 108 cm³/mol. The van der Waals surface area contributed by atoms with Crippen molar-refractivity contribution in [1.29, 1.82) is 0 Å². The monoisotopic (exact) mass is 423 g/mol. The molecular weight excluding hydrogens is 405 g/mol. The number of halogens is 2. The average Bonchev–Trinajstić information content (AvgIpc) is 2.68. The van der Waals surface area contributed by atoms with Gasteiger partial charge in [-0.1, -0.05) is 23.7 Å². The van der Waals surface area contributed by atoms with E-state index in [9.17, 15) is 9.59 Å². The van der Waals surface area contributed by atoms with Gasteiger partial charge in [-0.25, -0.2) is 4.42 Å². The summed E-state index contributed by atoms with van der Waals surface area (Å²) in [5.74, 6) is -0.682. The second-order valence-corrected chi connectivity index (χ2v) is 6.56. The molecule has 1 unspecified atom stereocenters. The van der Waals surface area contributed by atoms with Crippen LogP contribution in [0, 0.1) is 6.92 Å². The third kappa shape index (κ3) is 4.79. The van der Waals surface area contributed by atoms with E-state index in [-0.39, 0.29) is 11.4 Å². The van der Waals surface area contributed by atoms with Crippen molar-refractivity contribution in [3.63, 3.8) is 0 Å². The number of aryl methyl sites for hydroxylation is 1. The quantitative estimate of drug-likeness (QED) is 0.360. The van der Waals surface area contributed by atoms with Crippen LogP contribution >= 0.6 is 23.4 Å². The minimum atomic E-state index is -1.44. The Kier molecular flexibility index (Phi) is 7.37. The molecule has 2 aromatic carbocycles. The summed E-state index contributed by atoms with van der Waals surface area (Å²) in [6.07, 6.45) is 0. The Hall–Kier alpha value is -2.64. The first kappa shape index (κ1) is 21.7. The van der Waals surface area contributed by atoms with Gasteiger partial charge in [0.1, 0.15) is 11.4 Å². The standard InChI is InChI=1S/C19H19Cl2N3O4/c1-11-8-9-13(20)14(10-11)22-23-17(12(2)25)19(26)24(21)15-6-5-7-16(27-3)18(15)28-4/h5-10,17H,1-4H3. The molecule has 1 atom stereocenters. The summed E-state index contributed by atoms with van der Waals surface area (Å²) in [7, 11) is 2.87. The van der Waals surface area contributed by atoms with Crippen LogP contribution in [0.15, 0.2) is 46.6 Å². The number of rotatable bonds is 7. The first-order valence-electron chi connectivity index (χ1n) is 8.18. The maximum atomic E-state index is 12.8. The fourth-order valence-corrected chi connectivity index (χ4v) is 2.76. The minimum absolute atomic E-state index is 0.212. The molecule has 2 aromatic rings. The molecule has 1 amide bonds. The number of nitrogens with zero attached hydrogens (tertiary/aromatic N) is 3. The molecule has 2 rings (SSSR count). The summed E-state index contributed by atoms with van der Waals surface area (Å²) in [6, 6.07) is 8.56. The highest BCUT2D eigenvalue weighted by Gasteiger charge is 2.31. The van der Waals surface area contributed by atoms with E-state index in [0.29, 0.717) is 16.5 Å². The van der Waals surface area contributed by atoms with E-state index in [1.807, 2.05) is 13.0 Å². The zero-order valence-corrected chi connectivity index (χ0v) is 17.3. The molecule has 0 radical (unpaired) electrons. The number of benzene rings is 2. The summed E-state index contributed by atoms with van der Waals surface area (Å²) < 4.78 is 11.2. The molecule has 0 N–H and O–H groups in total. The molecule has 0 aliphatic heterocycles. The van der Waals surface area contributed by atoms with Crippen molar-refractivity contribution in [3.05, 3.63) is 47.0 Å². The number of hydrogen-bond donors (Lipinski definition) is 0. The molecule has 0 fully saturated rings. The van der Waals surface area contributed by atoms with Gasteiger partial charge in [-0.15, -0.1) is 0 Å². The highest BCUT2D eigenvalue weighted by molar-refractivity contribution is 6.39. The average molecular weight is 424 g/mol. The number of ketones is 1. The molecular formula is C19H19Cl2N3O4. The van der Waals surface area contributed by atoms with E-state index in [4.69, 9.17) is 32.9 Å². The van der Waals surface area contributed by atoms with Gasteiger partial charge in [0.05, 0.1) is 19.2 Å². The van der Waals surface area contributed by atoms with Gasteiger partial charge in [0.15, 0.2) is 17.3 Å². The van der Waals surface area contributed by atoms with E-state index in [1.54, 1.807) is 30.3 Å². The van der Waals surface area contributed by atoms with Crippen LogP contribution in [0.1, 0.15) is 12.5 Å². The molecule has 0 saturated carbocycles. The molecule has 28 heavy (non-hydrogen) atoms. The Morgan fingerprint density at radius 1 is 1.14 bits per heavy atom. The largest absolute Gasteiger partial charge is 0.493 e. The zero-order chi connectivity index (χ0) is 20.8. The van der Waals surface area contributed by atoms with Crippen molar-refractivity contribution in [3.8, 4) is 11.5 Å². The lowest BCUT2D eigenvalue weighted by molar-refractivity contribution is -0.126. The number of carbonyl (C=O) groups is 2. The predicted octanol–water partition coefficient (Wildman–Crippen LogP) is 4.89. The fourth-order valence-electron chi connectivity index (χ4n) is 2.37. The number of para-hydroxylation sites is 1. The van der Waals surface area contributed by atoms with Crippen LogP contribution in [0.25, 0.3) is 0 Å². The second-order valence-electron chi connectivity index (χ2n) is 5.82. The number of azo groups is 1. The number of amides is 1. The van der Waals surface area contributed by atoms with E-state index >= 15 is 0 Å². The normalized spacial score (nSPS) is 11.9. The number of methoxy groups -OCH3 is 2. The first-order chi connectivity index (χ1) is 13.3. The van der Waals surface area contributed by atoms with Gasteiger partial charge in [0, 0.05) is 11.8 Å². The summed E-state index contributed by atoms with van der Waals surface area (Å²) in [5.41, 5.74) is 1.47. The van der Waals surface area contributed by atoms with Crippen LogP contribution in [0.5, 0.6) is 11.5 Å². The highest BCUT2D eigenvalue weighted by Crippen LogP contribution is 2.38. The van der Waals surface area contributed by atoms with Gasteiger partial charge in [-0.3, -0.25) is 9.59 Å². The number of ether oxygens (including phenoxy) is 2. The maximum Gasteiger partial charge on any atom is 0.276 e. The Labute approximate surface area is 173 Å². The molecule has 0 spiro atoms. The molecule has 148 valence electrons. The van der Waals surface area contributed by atoms with Crippen molar-refractivity contribution in [1.82, 2.24) is 0 Å². The summed E-state index contributed by atoms with van der Waals surface area (Å²) in [6.45, 7) is 3.09. The Balaban J connectivity index is 2.36. The van der Waals surface area contributed by atoms with Gasteiger partial charge in [0.25, 0.3) is 5.91 Å². The topological polar surface area (TPSA) is 80.6 Å². The fraction of sp³-hybridized carbons (Fsp3) is 0.263. The molecule has 0 saturated heterocycles. The number of carbonyl (C=O) groups excluding carboxylic acids is 2. The van der Waals surface area contributed by atoms with E-state index in [1.165, 1.54) is 21.1 Å². The number of anilines is 1. The third-order valence-corrected chi connectivity index (χ3v) is 4.46. The molecule has 0 aromatic heterocycles. The van der Waals surface area contributed by atoms with E-state index in [2.05, 4.69) is 10.2 Å². The second kappa shape index (κ2) is 9.52. The molecule has 9 heteroatoms. The number of hydrogen-bond acceptors (Lipinski definition) is 6. The molecule has 0 heterocycles. The lowest BCUT2D eigenvalue weighted by Gasteiger charge is -2.20. The van der Waals surface area contributed by atoms with Crippen LogP contribution in [0.3, 0.4) is 0 Å². The first-order valence-corrected chi connectivity index (χ1v) is 8.90. The minimum Gasteiger partial charge on any atom is -0.493 e. The number of Topliss-reactive ketones (excluding diaryl/α,β-unsaturated/α-hetero) is 1. The van der Waals surface area contributed by atoms with Crippen molar-refractivity contribution >= 4 is 46.4 Å². The van der Waals surface area contributed by atoms with Crippen molar-refractivity contribution < 1.29 is 19.1 Å². The zero-order valence-electron chi connectivity index (χ0n) is 15.8. The lowest BCUT2D eigenvalue weighted by atomic mass is 10.2. The van der Waals surface area contributed by atoms with Crippen molar-refractivity contribution in [2.45, 2.75) is 19.9 Å². The van der Waals surface area contributed by atoms with Gasteiger partial charge >= 0.3 is 0 Å². The molecule has 7 nitrogen and oxygen atoms in total. The van der Waals surface area contributed by atoms with Crippen LogP contribution in [-0.2, 0) is 9.59 Å². The van der Waals surface area contributed by atoms with E-state index < -0.39 is 17.7 Å². The van der Waals surface area contributed by atoms with Gasteiger partial charge in [-0.05, 0) is 43.7 Å². The molecule has 0 bridgehead atoms. The smallest absolute Gasteiger partial charge is 0.276 e. The van der Waals surface area contributed by atoms with Crippen molar-refractivity contribution in [2.24, 2.45) is 10.2 Å². The Morgan fingerprint density at radius 2 is 1.86 bits per heavy atom. The highest BCUT2D eigenvalue weighted by atomic mass is 35.5. The van der Waals surface area contributed by atoms with Crippen molar-refractivity contribution in [2.75, 3.05) is 18.6 Å². The lowest BCUT2D eigenvalue weighted by Crippen LogP contribution is -2.36. The summed E-state index contributed by atoms with van der Waals surface area (Å²) >= 11 is 12.3. The van der Waals surface area contributed by atoms with E-state index in [0.717, 1.165) is 9.98 Å². The third-order valence-electron chi connectivity index (χ3n) is 3.79. The van der Waals surface area contributed by atoms with Crippen LogP contribution in [0.4, 0.5) is 11.4 Å². The molecule has 0 aliphatic rings. The van der Waals surface area contributed by atoms with Gasteiger partial charge in [0.2, 0.25) is 6.04 Å². The van der Waals surface area contributed by atoms with Gasteiger partial charge < -0.3 is 9.47 Å². The summed E-state index contributed by atoms with van der Waals surface area (Å²) in [4.78, 5) is 24.8. The molecule has 0 aliphatic carbocycles. The Bertz CT molecular complexity index is 918. The van der Waals surface area contributed by atoms with Crippen LogP contribution in [0.2, 0.25) is 5.02 Å².